The number of rotatable bonds is 5. The van der Waals surface area contributed by atoms with E-state index in [1.807, 2.05) is 0 Å². The summed E-state index contributed by atoms with van der Waals surface area (Å²) in [5.74, 6) is -3.88. The molecule has 30 heavy (non-hydrogen) atoms. The lowest BCUT2D eigenvalue weighted by atomic mass is 10.1. The summed E-state index contributed by atoms with van der Waals surface area (Å²) in [4.78, 5) is 24.4. The van der Waals surface area contributed by atoms with Crippen LogP contribution in [0.15, 0.2) is 42.7 Å². The maximum atomic E-state index is 12.5. The second-order valence-electron chi connectivity index (χ2n) is 5.59. The first-order valence-corrected chi connectivity index (χ1v) is 7.98. The number of nitrogens with one attached hydrogen (secondary N) is 1. The van der Waals surface area contributed by atoms with E-state index in [2.05, 4.69) is 15.4 Å². The predicted octanol–water partition coefficient (Wildman–Crippen LogP) is 3.77. The molecule has 0 saturated carbocycles. The van der Waals surface area contributed by atoms with Crippen LogP contribution in [-0.2, 0) is 11.3 Å². The Hall–Kier alpha value is -3.77. The number of benzene rings is 1. The van der Waals surface area contributed by atoms with Gasteiger partial charge < -0.3 is 15.5 Å². The lowest BCUT2D eigenvalue weighted by Crippen LogP contribution is -2.21. The Morgan fingerprint density at radius 2 is 1.77 bits per heavy atom. The molecule has 2 heterocycles. The molecule has 1 aromatic carbocycles. The van der Waals surface area contributed by atoms with Crippen LogP contribution in [0.25, 0.3) is 10.9 Å². The molecule has 0 fully saturated rings. The van der Waals surface area contributed by atoms with E-state index in [0.29, 0.717) is 27.0 Å². The van der Waals surface area contributed by atoms with Gasteiger partial charge in [-0.05, 0) is 12.1 Å². The number of aromatic carboxylic acids is 1. The number of pyridine rings is 1. The number of nitrogens with zero attached hydrogens (tertiary/aromatic N) is 3. The second kappa shape index (κ2) is 9.15. The molecular weight excluding hydrogens is 419 g/mol. The highest BCUT2D eigenvalue weighted by molar-refractivity contribution is 6.04. The third-order valence-electron chi connectivity index (χ3n) is 3.56. The van der Waals surface area contributed by atoms with Crippen molar-refractivity contribution in [3.8, 4) is 0 Å². The fourth-order valence-electron chi connectivity index (χ4n) is 2.25. The van der Waals surface area contributed by atoms with Gasteiger partial charge in [-0.3, -0.25) is 4.98 Å². The number of aliphatic carboxylic acids is 1. The molecule has 0 bridgehead atoms. The summed E-state index contributed by atoms with van der Waals surface area (Å²) in [5, 5.41) is 23.7. The van der Waals surface area contributed by atoms with E-state index in [-0.39, 0.29) is 12.1 Å². The number of aromatic nitrogens is 3. The van der Waals surface area contributed by atoms with Crippen molar-refractivity contribution >= 4 is 28.5 Å². The highest BCUT2D eigenvalue weighted by Crippen LogP contribution is 2.26. The lowest BCUT2D eigenvalue weighted by molar-refractivity contribution is -0.192. The number of alkyl halides is 5. The van der Waals surface area contributed by atoms with E-state index in [9.17, 15) is 31.9 Å². The summed E-state index contributed by atoms with van der Waals surface area (Å²) in [6, 6.07) is 8.52. The van der Waals surface area contributed by atoms with E-state index in [0.717, 1.165) is 0 Å². The van der Waals surface area contributed by atoms with Crippen LogP contribution < -0.4 is 5.32 Å². The van der Waals surface area contributed by atoms with Gasteiger partial charge in [-0.15, -0.1) is 0 Å². The zero-order chi connectivity index (χ0) is 22.5. The second-order valence-corrected chi connectivity index (χ2v) is 5.59. The number of para-hydroxylation sites is 1. The Labute approximate surface area is 164 Å². The maximum Gasteiger partial charge on any atom is 0.490 e. The minimum Gasteiger partial charge on any atom is -0.478 e. The first-order chi connectivity index (χ1) is 14.0. The molecule has 0 aliphatic heterocycles. The molecule has 0 amide bonds. The number of hydrogen-bond donors (Lipinski definition) is 3. The minimum atomic E-state index is -5.08. The summed E-state index contributed by atoms with van der Waals surface area (Å²) in [5.41, 5.74) is 1.41. The molecule has 0 aliphatic rings. The number of hydrogen-bond acceptors (Lipinski definition) is 5. The summed E-state index contributed by atoms with van der Waals surface area (Å²) < 4.78 is 57.3. The third-order valence-corrected chi connectivity index (χ3v) is 3.56. The van der Waals surface area contributed by atoms with Crippen LogP contribution in [0.5, 0.6) is 0 Å². The van der Waals surface area contributed by atoms with Gasteiger partial charge in [0.1, 0.15) is 5.56 Å². The first kappa shape index (κ1) is 22.5. The molecule has 3 aromatic rings. The molecule has 0 saturated heterocycles. The van der Waals surface area contributed by atoms with Gasteiger partial charge in [0.25, 0.3) is 0 Å². The van der Waals surface area contributed by atoms with E-state index in [4.69, 9.17) is 9.90 Å². The molecule has 3 rings (SSSR count). The number of fused-ring (bicyclic) bond motifs is 1. The van der Waals surface area contributed by atoms with Crippen LogP contribution in [0.4, 0.5) is 27.6 Å². The topological polar surface area (TPSA) is 117 Å². The van der Waals surface area contributed by atoms with E-state index < -0.39 is 24.7 Å². The maximum absolute atomic E-state index is 12.5. The molecule has 2 aromatic heterocycles. The molecule has 0 radical (unpaired) electrons. The van der Waals surface area contributed by atoms with Gasteiger partial charge in [0, 0.05) is 17.8 Å². The summed E-state index contributed by atoms with van der Waals surface area (Å²) in [6.07, 6.45) is -2.64. The van der Waals surface area contributed by atoms with Gasteiger partial charge in [-0.25, -0.2) is 14.3 Å². The summed E-state index contributed by atoms with van der Waals surface area (Å²) >= 11 is 0. The number of anilines is 1. The Morgan fingerprint density at radius 3 is 2.30 bits per heavy atom. The zero-order valence-corrected chi connectivity index (χ0v) is 14.8. The normalized spacial score (nSPS) is 11.1. The van der Waals surface area contributed by atoms with E-state index in [1.165, 1.54) is 18.5 Å². The van der Waals surface area contributed by atoms with Gasteiger partial charge in [-0.1, -0.05) is 18.2 Å². The van der Waals surface area contributed by atoms with Gasteiger partial charge in [-0.2, -0.15) is 27.1 Å². The molecule has 0 spiro atoms. The highest BCUT2D eigenvalue weighted by atomic mass is 19.4. The van der Waals surface area contributed by atoms with Crippen molar-refractivity contribution in [1.29, 1.82) is 0 Å². The average molecular weight is 432 g/mol. The van der Waals surface area contributed by atoms with Crippen LogP contribution in [0.2, 0.25) is 0 Å². The van der Waals surface area contributed by atoms with Crippen molar-refractivity contribution < 1.29 is 41.8 Å². The Bertz CT molecular complexity index is 1050. The lowest BCUT2D eigenvalue weighted by Gasteiger charge is -2.11. The first-order valence-electron chi connectivity index (χ1n) is 7.98. The van der Waals surface area contributed by atoms with E-state index >= 15 is 0 Å². The Kier molecular flexibility index (Phi) is 6.87. The fraction of sp³-hybridized carbons (Fsp3) is 0.176. The van der Waals surface area contributed by atoms with Crippen molar-refractivity contribution in [2.75, 3.05) is 5.32 Å². The van der Waals surface area contributed by atoms with Crippen LogP contribution >= 0.6 is 0 Å². The number of carboxylic acids is 2. The number of carbonyl (C=O) groups is 2. The molecule has 13 heteroatoms. The molecule has 160 valence electrons. The van der Waals surface area contributed by atoms with Crippen molar-refractivity contribution in [3.63, 3.8) is 0 Å². The van der Waals surface area contributed by atoms with E-state index in [1.54, 1.807) is 24.3 Å². The smallest absolute Gasteiger partial charge is 0.478 e. The number of halogens is 5. The third kappa shape index (κ3) is 5.62. The van der Waals surface area contributed by atoms with Gasteiger partial charge in [0.15, 0.2) is 0 Å². The predicted molar refractivity (Wildman–Crippen MR) is 93.2 cm³/mol. The Morgan fingerprint density at radius 1 is 1.13 bits per heavy atom. The Balaban J connectivity index is 0.000000396. The standard InChI is InChI=1S/C15H12F2N4O2.C2HF3O2/c16-15(17)21-6-5-9(20-21)7-19-13-10-3-1-2-4-12(10)18-8-11(13)14(22)23;3-2(4,5)1(6)7/h1-6,8,15H,7H2,(H,18,19)(H,22,23);(H,6,7). The van der Waals surface area contributed by atoms with Gasteiger partial charge in [0.2, 0.25) is 0 Å². The van der Waals surface area contributed by atoms with Gasteiger partial charge in [0.05, 0.1) is 23.4 Å². The molecule has 0 aliphatic carbocycles. The fourth-order valence-corrected chi connectivity index (χ4v) is 2.25. The SMILES string of the molecule is O=C(O)C(F)(F)F.O=C(O)c1cnc2ccccc2c1NCc1ccn(C(F)F)n1. The summed E-state index contributed by atoms with van der Waals surface area (Å²) in [6.45, 7) is -2.59. The highest BCUT2D eigenvalue weighted by Gasteiger charge is 2.38. The van der Waals surface area contributed by atoms with Crippen LogP contribution in [0, 0.1) is 0 Å². The quantitative estimate of drug-likeness (QED) is 0.526. The van der Waals surface area contributed by atoms with Crippen molar-refractivity contribution in [2.45, 2.75) is 19.3 Å². The molecule has 3 N–H and O–H groups in total. The van der Waals surface area contributed by atoms with Crippen molar-refractivity contribution in [1.82, 2.24) is 14.8 Å². The van der Waals surface area contributed by atoms with Crippen molar-refractivity contribution in [2.24, 2.45) is 0 Å². The number of carboxylic acid groups (broad SMARTS) is 2. The molecule has 0 unspecified atom stereocenters. The average Bonchev–Trinajstić information content (AvgIpc) is 3.15. The largest absolute Gasteiger partial charge is 0.490 e. The molecular formula is C17H13F5N4O4. The molecule has 0 atom stereocenters. The van der Waals surface area contributed by atoms with Crippen LogP contribution in [-0.4, -0.2) is 43.1 Å². The minimum absolute atomic E-state index is 0.0111. The van der Waals surface area contributed by atoms with Gasteiger partial charge >= 0.3 is 24.7 Å². The monoisotopic (exact) mass is 432 g/mol. The van der Waals surface area contributed by atoms with Crippen LogP contribution in [0.3, 0.4) is 0 Å². The van der Waals surface area contributed by atoms with Crippen LogP contribution in [0.1, 0.15) is 22.6 Å². The summed E-state index contributed by atoms with van der Waals surface area (Å²) in [7, 11) is 0. The van der Waals surface area contributed by atoms with Crippen molar-refractivity contribution in [3.05, 3.63) is 54.0 Å². The zero-order valence-electron chi connectivity index (χ0n) is 14.8. The molecule has 8 nitrogen and oxygen atoms in total.